The van der Waals surface area contributed by atoms with E-state index >= 15 is 0 Å². The predicted octanol–water partition coefficient (Wildman–Crippen LogP) is 4.95. The molecule has 0 aromatic heterocycles. The molecule has 3 saturated heterocycles. The van der Waals surface area contributed by atoms with E-state index < -0.39 is 34.8 Å². The standard InChI is InChI=1S/C16H20O7.6CH4/c1-9-10(13(19)22-12(9)18)7-16(4-3-11(17)23-16)8-15(2)5-6-21-14(15)20;;;;;;/h9-10H,3-8H2,1-2H3;6*1H4. The van der Waals surface area contributed by atoms with Gasteiger partial charge in [-0.05, 0) is 19.8 Å². The van der Waals surface area contributed by atoms with Gasteiger partial charge in [0.05, 0.1) is 23.9 Å². The van der Waals surface area contributed by atoms with Crippen molar-refractivity contribution in [2.24, 2.45) is 17.3 Å². The molecule has 7 heteroatoms. The Kier molecular flexibility index (Phi) is 14.2. The molecule has 3 rings (SSSR count). The molecule has 0 N–H and O–H groups in total. The third-order valence-corrected chi connectivity index (χ3v) is 5.28. The summed E-state index contributed by atoms with van der Waals surface area (Å²) in [5.74, 6) is -2.99. The highest BCUT2D eigenvalue weighted by Crippen LogP contribution is 2.47. The van der Waals surface area contributed by atoms with Crippen molar-refractivity contribution in [1.82, 2.24) is 0 Å². The second-order valence-electron chi connectivity index (χ2n) is 7.12. The molecule has 0 radical (unpaired) electrons. The molecule has 0 aromatic carbocycles. The molecule has 29 heavy (non-hydrogen) atoms. The normalized spacial score (nSPS) is 31.9. The summed E-state index contributed by atoms with van der Waals surface area (Å²) in [6.45, 7) is 3.77. The number of rotatable bonds is 4. The number of carbonyl (C=O) groups excluding carboxylic acids is 4. The van der Waals surface area contributed by atoms with Crippen LogP contribution in [0, 0.1) is 17.3 Å². The first-order chi connectivity index (χ1) is 10.7. The molecule has 0 aliphatic carbocycles. The second kappa shape index (κ2) is 11.9. The van der Waals surface area contributed by atoms with Crippen molar-refractivity contribution >= 4 is 23.9 Å². The van der Waals surface area contributed by atoms with Crippen LogP contribution in [0.15, 0.2) is 0 Å². The monoisotopic (exact) mass is 420 g/mol. The lowest BCUT2D eigenvalue weighted by atomic mass is 9.72. The van der Waals surface area contributed by atoms with Crippen molar-refractivity contribution < 1.29 is 33.4 Å². The van der Waals surface area contributed by atoms with E-state index in [2.05, 4.69) is 4.74 Å². The fourth-order valence-electron chi connectivity index (χ4n) is 3.83. The van der Waals surface area contributed by atoms with E-state index in [-0.39, 0.29) is 69.3 Å². The fraction of sp³-hybridized carbons (Fsp3) is 0.818. The molecule has 3 heterocycles. The van der Waals surface area contributed by atoms with Gasteiger partial charge >= 0.3 is 23.9 Å². The van der Waals surface area contributed by atoms with Crippen LogP contribution in [-0.2, 0) is 33.4 Å². The van der Waals surface area contributed by atoms with Crippen LogP contribution in [0.25, 0.3) is 0 Å². The lowest BCUT2D eigenvalue weighted by Gasteiger charge is -2.35. The zero-order valence-electron chi connectivity index (χ0n) is 13.3. The maximum atomic E-state index is 12.0. The Hall–Kier alpha value is -1.92. The van der Waals surface area contributed by atoms with E-state index in [9.17, 15) is 19.2 Å². The van der Waals surface area contributed by atoms with E-state index in [1.807, 2.05) is 0 Å². The molecule has 3 aliphatic rings. The number of carbonyl (C=O) groups is 4. The van der Waals surface area contributed by atoms with E-state index in [4.69, 9.17) is 9.47 Å². The molecular weight excluding hydrogens is 376 g/mol. The topological polar surface area (TPSA) is 96.0 Å². The van der Waals surface area contributed by atoms with Gasteiger partial charge in [0, 0.05) is 19.3 Å². The summed E-state index contributed by atoms with van der Waals surface area (Å²) in [5.41, 5.74) is -1.65. The third kappa shape index (κ3) is 6.28. The minimum absolute atomic E-state index is 0. The van der Waals surface area contributed by atoms with Gasteiger partial charge in [-0.3, -0.25) is 19.2 Å². The molecule has 4 atom stereocenters. The molecule has 3 fully saturated rings. The van der Waals surface area contributed by atoms with E-state index in [0.29, 0.717) is 25.9 Å². The van der Waals surface area contributed by atoms with E-state index in [1.165, 1.54) is 0 Å². The summed E-state index contributed by atoms with van der Waals surface area (Å²) < 4.78 is 15.3. The van der Waals surface area contributed by atoms with Gasteiger partial charge in [-0.15, -0.1) is 0 Å². The number of hydrogen-bond donors (Lipinski definition) is 0. The van der Waals surface area contributed by atoms with Crippen LogP contribution in [0.5, 0.6) is 0 Å². The molecule has 3 aliphatic heterocycles. The average molecular weight is 421 g/mol. The minimum Gasteiger partial charge on any atom is -0.465 e. The predicted molar refractivity (Wildman–Crippen MR) is 115 cm³/mol. The van der Waals surface area contributed by atoms with Crippen molar-refractivity contribution in [3.8, 4) is 0 Å². The van der Waals surface area contributed by atoms with Crippen LogP contribution in [0.1, 0.15) is 90.5 Å². The zero-order valence-corrected chi connectivity index (χ0v) is 13.3. The first-order valence-electron chi connectivity index (χ1n) is 7.89. The molecule has 0 spiro atoms. The Bertz CT molecular complexity index is 586. The summed E-state index contributed by atoms with van der Waals surface area (Å²) in [6.07, 6.45) is 1.73. The number of hydrogen-bond acceptors (Lipinski definition) is 7. The van der Waals surface area contributed by atoms with Crippen LogP contribution in [-0.4, -0.2) is 36.1 Å². The Morgan fingerprint density at radius 1 is 0.931 bits per heavy atom. The van der Waals surface area contributed by atoms with Gasteiger partial charge in [-0.2, -0.15) is 0 Å². The summed E-state index contributed by atoms with van der Waals surface area (Å²) in [4.78, 5) is 47.2. The molecule has 7 nitrogen and oxygen atoms in total. The van der Waals surface area contributed by atoms with Crippen molar-refractivity contribution in [3.63, 3.8) is 0 Å². The average Bonchev–Trinajstić information content (AvgIpc) is 3.06. The van der Waals surface area contributed by atoms with Gasteiger partial charge in [0.15, 0.2) is 0 Å². The highest BCUT2D eigenvalue weighted by Gasteiger charge is 2.54. The van der Waals surface area contributed by atoms with E-state index in [0.717, 1.165) is 0 Å². The Morgan fingerprint density at radius 3 is 1.90 bits per heavy atom. The van der Waals surface area contributed by atoms with Crippen LogP contribution in [0.2, 0.25) is 0 Å². The SMILES string of the molecule is C.C.C.C.C.C.CC1C(=O)OC(=O)C1CC1(CC2(C)CCOC2=O)CCC(=O)O1. The summed E-state index contributed by atoms with van der Waals surface area (Å²) in [5, 5.41) is 0. The van der Waals surface area contributed by atoms with Crippen molar-refractivity contribution in [1.29, 1.82) is 0 Å². The maximum Gasteiger partial charge on any atom is 0.317 e. The van der Waals surface area contributed by atoms with Crippen LogP contribution >= 0.6 is 0 Å². The van der Waals surface area contributed by atoms with Crippen LogP contribution < -0.4 is 0 Å². The van der Waals surface area contributed by atoms with Crippen molar-refractivity contribution in [2.75, 3.05) is 6.61 Å². The lowest BCUT2D eigenvalue weighted by molar-refractivity contribution is -0.161. The molecule has 0 bridgehead atoms. The Labute approximate surface area is 177 Å². The summed E-state index contributed by atoms with van der Waals surface area (Å²) in [7, 11) is 0. The third-order valence-electron chi connectivity index (χ3n) is 5.28. The highest BCUT2D eigenvalue weighted by molar-refractivity contribution is 5.96. The smallest absolute Gasteiger partial charge is 0.317 e. The van der Waals surface area contributed by atoms with Crippen molar-refractivity contribution in [3.05, 3.63) is 0 Å². The quantitative estimate of drug-likeness (QED) is 0.361. The highest BCUT2D eigenvalue weighted by atomic mass is 16.6. The summed E-state index contributed by atoms with van der Waals surface area (Å²) in [6, 6.07) is 0. The van der Waals surface area contributed by atoms with Crippen LogP contribution in [0.4, 0.5) is 0 Å². The molecule has 174 valence electrons. The molecule has 0 aromatic rings. The number of cyclic esters (lactones) is 4. The van der Waals surface area contributed by atoms with Gasteiger partial charge in [0.1, 0.15) is 5.60 Å². The summed E-state index contributed by atoms with van der Waals surface area (Å²) >= 11 is 0. The zero-order chi connectivity index (χ0) is 16.8. The maximum absolute atomic E-state index is 12.0. The lowest BCUT2D eigenvalue weighted by Crippen LogP contribution is -2.41. The first kappa shape index (κ1) is 34.6. The van der Waals surface area contributed by atoms with Gasteiger partial charge in [-0.25, -0.2) is 0 Å². The van der Waals surface area contributed by atoms with Gasteiger partial charge < -0.3 is 14.2 Å². The largest absolute Gasteiger partial charge is 0.465 e. The Balaban J connectivity index is -0.000000521. The molecule has 4 unspecified atom stereocenters. The number of ether oxygens (including phenoxy) is 3. The van der Waals surface area contributed by atoms with Gasteiger partial charge in [0.25, 0.3) is 0 Å². The fourth-order valence-corrected chi connectivity index (χ4v) is 3.83. The van der Waals surface area contributed by atoms with E-state index in [1.54, 1.807) is 13.8 Å². The molecular formula is C22H44O7. The molecule has 0 amide bonds. The minimum atomic E-state index is -0.919. The van der Waals surface area contributed by atoms with Crippen molar-refractivity contribution in [2.45, 2.75) is 96.1 Å². The van der Waals surface area contributed by atoms with Crippen LogP contribution in [0.3, 0.4) is 0 Å². The first-order valence-corrected chi connectivity index (χ1v) is 7.89. The Morgan fingerprint density at radius 2 is 1.52 bits per heavy atom. The molecule has 0 saturated carbocycles. The van der Waals surface area contributed by atoms with Gasteiger partial charge in [-0.1, -0.05) is 51.5 Å². The second-order valence-corrected chi connectivity index (χ2v) is 7.12. The van der Waals surface area contributed by atoms with Gasteiger partial charge in [0.2, 0.25) is 0 Å². The number of esters is 4.